The van der Waals surface area contributed by atoms with Gasteiger partial charge in [0.15, 0.2) is 0 Å². The summed E-state index contributed by atoms with van der Waals surface area (Å²) in [7, 11) is 0. The number of ether oxygens (including phenoxy) is 1. The zero-order valence-electron chi connectivity index (χ0n) is 14.4. The van der Waals surface area contributed by atoms with Gasteiger partial charge < -0.3 is 15.4 Å². The van der Waals surface area contributed by atoms with Crippen molar-refractivity contribution in [2.24, 2.45) is 11.8 Å². The standard InChI is InChI=1S/C17H30N2O2S/c1-13(2)14(12-19-16(20)21-17(3,4)5)11-18-9-8-15-7-6-10-22-15/h6-7,10,13-14,18H,8-9,11-12H2,1-5H3,(H,19,20). The molecule has 1 heterocycles. The van der Waals surface area contributed by atoms with Gasteiger partial charge in [0, 0.05) is 11.4 Å². The van der Waals surface area contributed by atoms with Gasteiger partial charge in [0.05, 0.1) is 0 Å². The zero-order chi connectivity index (χ0) is 16.6. The Balaban J connectivity index is 2.25. The van der Waals surface area contributed by atoms with Crippen LogP contribution in [0.5, 0.6) is 0 Å². The lowest BCUT2D eigenvalue weighted by molar-refractivity contribution is 0.0515. The first-order chi connectivity index (χ1) is 10.3. The Morgan fingerprint density at radius 2 is 2.05 bits per heavy atom. The molecule has 4 nitrogen and oxygen atoms in total. The van der Waals surface area contributed by atoms with Gasteiger partial charge in [-0.25, -0.2) is 4.79 Å². The Labute approximate surface area is 138 Å². The van der Waals surface area contributed by atoms with Crippen molar-refractivity contribution in [3.8, 4) is 0 Å². The summed E-state index contributed by atoms with van der Waals surface area (Å²) in [6.07, 6.45) is 0.721. The van der Waals surface area contributed by atoms with Crippen LogP contribution in [0, 0.1) is 11.8 Å². The number of carbonyl (C=O) groups is 1. The number of hydrogen-bond acceptors (Lipinski definition) is 4. The fraction of sp³-hybridized carbons (Fsp3) is 0.706. The van der Waals surface area contributed by atoms with Gasteiger partial charge in [-0.3, -0.25) is 0 Å². The summed E-state index contributed by atoms with van der Waals surface area (Å²) in [4.78, 5) is 13.1. The normalized spacial score (nSPS) is 13.2. The van der Waals surface area contributed by atoms with Crippen LogP contribution in [0.1, 0.15) is 39.5 Å². The molecule has 0 aliphatic carbocycles. The molecule has 1 aromatic rings. The summed E-state index contributed by atoms with van der Waals surface area (Å²) in [5, 5.41) is 8.48. The van der Waals surface area contributed by atoms with Crippen LogP contribution in [-0.2, 0) is 11.2 Å². The Bertz CT molecular complexity index is 424. The number of hydrogen-bond donors (Lipinski definition) is 2. The summed E-state index contributed by atoms with van der Waals surface area (Å²) < 4.78 is 5.27. The van der Waals surface area contributed by atoms with Crippen molar-refractivity contribution < 1.29 is 9.53 Å². The van der Waals surface area contributed by atoms with Crippen molar-refractivity contribution in [2.75, 3.05) is 19.6 Å². The molecule has 22 heavy (non-hydrogen) atoms. The SMILES string of the molecule is CC(C)C(CNCCc1cccs1)CNC(=O)OC(C)(C)C. The second-order valence-corrected chi connectivity index (χ2v) is 7.95. The van der Waals surface area contributed by atoms with Crippen LogP contribution in [-0.4, -0.2) is 31.3 Å². The maximum Gasteiger partial charge on any atom is 0.407 e. The molecule has 1 rings (SSSR count). The molecule has 1 unspecified atom stereocenters. The van der Waals surface area contributed by atoms with Crippen LogP contribution in [0.4, 0.5) is 4.79 Å². The van der Waals surface area contributed by atoms with Crippen LogP contribution < -0.4 is 10.6 Å². The summed E-state index contributed by atoms with van der Waals surface area (Å²) in [5.41, 5.74) is -0.448. The first-order valence-corrected chi connectivity index (χ1v) is 8.86. The van der Waals surface area contributed by atoms with E-state index in [1.54, 1.807) is 11.3 Å². The molecule has 0 radical (unpaired) electrons. The Morgan fingerprint density at radius 1 is 1.32 bits per heavy atom. The molecule has 1 amide bonds. The molecule has 0 bridgehead atoms. The van der Waals surface area contributed by atoms with E-state index in [4.69, 9.17) is 4.74 Å². The van der Waals surface area contributed by atoms with Gasteiger partial charge >= 0.3 is 6.09 Å². The van der Waals surface area contributed by atoms with Crippen molar-refractivity contribution >= 4 is 17.4 Å². The fourth-order valence-electron chi connectivity index (χ4n) is 2.03. The molecular formula is C17H30N2O2S. The largest absolute Gasteiger partial charge is 0.444 e. The Kier molecular flexibility index (Phi) is 7.90. The molecule has 5 heteroatoms. The predicted molar refractivity (Wildman–Crippen MR) is 93.5 cm³/mol. The third-order valence-corrected chi connectivity index (χ3v) is 4.32. The van der Waals surface area contributed by atoms with Crippen molar-refractivity contribution in [1.82, 2.24) is 10.6 Å². The van der Waals surface area contributed by atoms with Crippen molar-refractivity contribution in [1.29, 1.82) is 0 Å². The highest BCUT2D eigenvalue weighted by atomic mass is 32.1. The summed E-state index contributed by atoms with van der Waals surface area (Å²) in [5.74, 6) is 0.903. The molecule has 0 saturated carbocycles. The third-order valence-electron chi connectivity index (χ3n) is 3.39. The third kappa shape index (κ3) is 8.39. The minimum absolute atomic E-state index is 0.336. The number of thiophene rings is 1. The van der Waals surface area contributed by atoms with Crippen molar-refractivity contribution in [2.45, 2.75) is 46.6 Å². The highest BCUT2D eigenvalue weighted by Gasteiger charge is 2.18. The first kappa shape index (κ1) is 19.0. The predicted octanol–water partition coefficient (Wildman–Crippen LogP) is 3.68. The van der Waals surface area contributed by atoms with E-state index < -0.39 is 5.60 Å². The molecular weight excluding hydrogens is 296 g/mol. The van der Waals surface area contributed by atoms with E-state index in [0.29, 0.717) is 18.4 Å². The molecule has 0 aliphatic heterocycles. The van der Waals surface area contributed by atoms with Gasteiger partial charge in [-0.2, -0.15) is 0 Å². The number of rotatable bonds is 8. The molecule has 0 aromatic carbocycles. The average Bonchev–Trinajstić information content (AvgIpc) is 2.88. The van der Waals surface area contributed by atoms with Crippen LogP contribution in [0.15, 0.2) is 17.5 Å². The second kappa shape index (κ2) is 9.16. The number of amides is 1. The second-order valence-electron chi connectivity index (χ2n) is 6.92. The topological polar surface area (TPSA) is 50.4 Å². The van der Waals surface area contributed by atoms with Crippen LogP contribution >= 0.6 is 11.3 Å². The molecule has 1 aromatic heterocycles. The van der Waals surface area contributed by atoms with Crippen molar-refractivity contribution in [3.05, 3.63) is 22.4 Å². The molecule has 2 N–H and O–H groups in total. The van der Waals surface area contributed by atoms with Crippen LogP contribution in [0.2, 0.25) is 0 Å². The van der Waals surface area contributed by atoms with E-state index in [-0.39, 0.29) is 6.09 Å². The minimum atomic E-state index is -0.448. The van der Waals surface area contributed by atoms with Gasteiger partial charge in [0.1, 0.15) is 5.60 Å². The summed E-state index contributed by atoms with van der Waals surface area (Å²) in [6, 6.07) is 4.25. The highest BCUT2D eigenvalue weighted by Crippen LogP contribution is 2.11. The van der Waals surface area contributed by atoms with E-state index in [1.165, 1.54) is 4.88 Å². The maximum absolute atomic E-state index is 11.7. The fourth-order valence-corrected chi connectivity index (χ4v) is 2.74. The van der Waals surface area contributed by atoms with Gasteiger partial charge in [-0.15, -0.1) is 11.3 Å². The lowest BCUT2D eigenvalue weighted by Crippen LogP contribution is -2.39. The summed E-state index contributed by atoms with van der Waals surface area (Å²) >= 11 is 1.79. The molecule has 0 saturated heterocycles. The van der Waals surface area contributed by atoms with Gasteiger partial charge in [0.25, 0.3) is 0 Å². The van der Waals surface area contributed by atoms with E-state index in [1.807, 2.05) is 20.8 Å². The van der Waals surface area contributed by atoms with E-state index in [2.05, 4.69) is 42.0 Å². The smallest absolute Gasteiger partial charge is 0.407 e. The number of nitrogens with one attached hydrogen (secondary N) is 2. The molecule has 126 valence electrons. The van der Waals surface area contributed by atoms with Crippen molar-refractivity contribution in [3.63, 3.8) is 0 Å². The van der Waals surface area contributed by atoms with Crippen LogP contribution in [0.25, 0.3) is 0 Å². The van der Waals surface area contributed by atoms with E-state index in [9.17, 15) is 4.79 Å². The van der Waals surface area contributed by atoms with Gasteiger partial charge in [0.2, 0.25) is 0 Å². The maximum atomic E-state index is 11.7. The lowest BCUT2D eigenvalue weighted by atomic mass is 9.96. The number of alkyl carbamates (subject to hydrolysis) is 1. The Morgan fingerprint density at radius 3 is 2.59 bits per heavy atom. The molecule has 0 fully saturated rings. The van der Waals surface area contributed by atoms with Crippen LogP contribution in [0.3, 0.4) is 0 Å². The number of carbonyl (C=O) groups excluding carboxylic acids is 1. The van der Waals surface area contributed by atoms with E-state index >= 15 is 0 Å². The monoisotopic (exact) mass is 326 g/mol. The van der Waals surface area contributed by atoms with Gasteiger partial charge in [-0.05, 0) is 63.6 Å². The quantitative estimate of drug-likeness (QED) is 0.717. The van der Waals surface area contributed by atoms with Gasteiger partial charge in [-0.1, -0.05) is 19.9 Å². The molecule has 1 atom stereocenters. The van der Waals surface area contributed by atoms with E-state index in [0.717, 1.165) is 19.5 Å². The molecule has 0 aliphatic rings. The highest BCUT2D eigenvalue weighted by molar-refractivity contribution is 7.09. The zero-order valence-corrected chi connectivity index (χ0v) is 15.3. The minimum Gasteiger partial charge on any atom is -0.444 e. The first-order valence-electron chi connectivity index (χ1n) is 7.98. The summed E-state index contributed by atoms with van der Waals surface area (Å²) in [6.45, 7) is 12.5. The molecule has 0 spiro atoms. The lowest BCUT2D eigenvalue weighted by Gasteiger charge is -2.24. The Hall–Kier alpha value is -1.07. The average molecular weight is 327 g/mol.